The highest BCUT2D eigenvalue weighted by atomic mass is 35.5. The van der Waals surface area contributed by atoms with Gasteiger partial charge in [0.15, 0.2) is 9.84 Å². The fourth-order valence-corrected chi connectivity index (χ4v) is 3.49. The van der Waals surface area contributed by atoms with Gasteiger partial charge in [0.25, 0.3) is 0 Å². The summed E-state index contributed by atoms with van der Waals surface area (Å²) < 4.78 is 28.3. The maximum Gasteiger partial charge on any atom is 0.338 e. The number of fused-ring (bicyclic) bond motifs is 1. The first kappa shape index (κ1) is 19.3. The van der Waals surface area contributed by atoms with Crippen LogP contribution in [0.1, 0.15) is 27.0 Å². The molecule has 0 aliphatic rings. The minimum Gasteiger partial charge on any atom is -0.457 e. The molecule has 0 amide bonds. The number of pyridine rings is 1. The third-order valence-electron chi connectivity index (χ3n) is 4.41. The number of hydrogen-bond acceptors (Lipinski definition) is 5. The first-order valence-corrected chi connectivity index (χ1v) is 10.5. The molecule has 0 saturated carbocycles. The summed E-state index contributed by atoms with van der Waals surface area (Å²) in [7, 11) is -3.31. The number of esters is 1. The lowest BCUT2D eigenvalue weighted by molar-refractivity contribution is 0.0472. The highest BCUT2D eigenvalue weighted by Crippen LogP contribution is 2.25. The number of halogens is 1. The van der Waals surface area contributed by atoms with Crippen molar-refractivity contribution in [3.05, 3.63) is 69.9 Å². The number of ether oxygens (including phenoxy) is 1. The van der Waals surface area contributed by atoms with Gasteiger partial charge in [0, 0.05) is 17.2 Å². The van der Waals surface area contributed by atoms with Gasteiger partial charge in [-0.15, -0.1) is 0 Å². The van der Waals surface area contributed by atoms with Gasteiger partial charge in [-0.2, -0.15) is 0 Å². The van der Waals surface area contributed by atoms with Crippen molar-refractivity contribution >= 4 is 38.3 Å². The third kappa shape index (κ3) is 4.12. The molecule has 2 aromatic carbocycles. The molecular weight excluding hydrogens is 386 g/mol. The van der Waals surface area contributed by atoms with E-state index in [9.17, 15) is 13.2 Å². The first-order chi connectivity index (χ1) is 12.7. The fourth-order valence-electron chi connectivity index (χ4n) is 2.67. The van der Waals surface area contributed by atoms with E-state index >= 15 is 0 Å². The Hall–Kier alpha value is -2.44. The zero-order valence-electron chi connectivity index (χ0n) is 15.1. The molecule has 0 aliphatic heterocycles. The van der Waals surface area contributed by atoms with Crippen LogP contribution in [0.3, 0.4) is 0 Å². The molecule has 0 atom stereocenters. The zero-order chi connectivity index (χ0) is 19.8. The van der Waals surface area contributed by atoms with Gasteiger partial charge in [-0.3, -0.25) is 0 Å². The van der Waals surface area contributed by atoms with Crippen LogP contribution in [-0.4, -0.2) is 25.6 Å². The lowest BCUT2D eigenvalue weighted by atomic mass is 10.0. The van der Waals surface area contributed by atoms with E-state index in [2.05, 4.69) is 4.98 Å². The van der Waals surface area contributed by atoms with Crippen molar-refractivity contribution in [2.24, 2.45) is 0 Å². The van der Waals surface area contributed by atoms with E-state index in [1.165, 1.54) is 24.3 Å². The normalized spacial score (nSPS) is 11.6. The Kier molecular flexibility index (Phi) is 5.22. The summed E-state index contributed by atoms with van der Waals surface area (Å²) in [5.74, 6) is -0.564. The smallest absolute Gasteiger partial charge is 0.338 e. The van der Waals surface area contributed by atoms with Gasteiger partial charge in [-0.25, -0.2) is 18.2 Å². The summed E-state index contributed by atoms with van der Waals surface area (Å²) in [6.07, 6.45) is 1.11. The number of nitrogens with zero attached hydrogens (tertiary/aromatic N) is 1. The molecule has 0 radical (unpaired) electrons. The zero-order valence-corrected chi connectivity index (χ0v) is 16.7. The Morgan fingerprint density at radius 1 is 1.11 bits per heavy atom. The minimum absolute atomic E-state index is 0.0264. The molecule has 5 nitrogen and oxygen atoms in total. The molecule has 0 fully saturated rings. The lowest BCUT2D eigenvalue weighted by Crippen LogP contribution is -2.07. The number of benzene rings is 2. The fraction of sp³-hybridized carbons (Fsp3) is 0.200. The number of sulfone groups is 1. The topological polar surface area (TPSA) is 73.3 Å². The molecule has 140 valence electrons. The van der Waals surface area contributed by atoms with Gasteiger partial charge in [-0.05, 0) is 55.3 Å². The standard InChI is InChI=1S/C20H18ClNO4S/c1-12-4-5-15-10-16(19(21)22-18(15)13(12)2)11-26-20(23)14-6-8-17(9-7-14)27(3,24)25/h4-10H,11H2,1-3H3. The van der Waals surface area contributed by atoms with Crippen LogP contribution in [0.2, 0.25) is 5.15 Å². The number of carbonyl (C=O) groups excluding carboxylic acids is 1. The largest absolute Gasteiger partial charge is 0.457 e. The highest BCUT2D eigenvalue weighted by molar-refractivity contribution is 7.90. The van der Waals surface area contributed by atoms with E-state index in [4.69, 9.17) is 16.3 Å². The minimum atomic E-state index is -3.31. The summed E-state index contributed by atoms with van der Waals surface area (Å²) in [5.41, 5.74) is 3.88. The van der Waals surface area contributed by atoms with Crippen molar-refractivity contribution in [1.82, 2.24) is 4.98 Å². The summed E-state index contributed by atoms with van der Waals surface area (Å²) in [4.78, 5) is 16.8. The van der Waals surface area contributed by atoms with Crippen LogP contribution in [0, 0.1) is 13.8 Å². The third-order valence-corrected chi connectivity index (χ3v) is 5.87. The van der Waals surface area contributed by atoms with Crippen molar-refractivity contribution in [1.29, 1.82) is 0 Å². The van der Waals surface area contributed by atoms with E-state index in [1.807, 2.05) is 32.0 Å². The van der Waals surface area contributed by atoms with Crippen LogP contribution >= 0.6 is 11.6 Å². The van der Waals surface area contributed by atoms with Gasteiger partial charge in [0.05, 0.1) is 16.0 Å². The van der Waals surface area contributed by atoms with E-state index in [1.54, 1.807) is 0 Å². The first-order valence-electron chi connectivity index (χ1n) is 8.19. The summed E-state index contributed by atoms with van der Waals surface area (Å²) in [6, 6.07) is 11.4. The van der Waals surface area contributed by atoms with Gasteiger partial charge < -0.3 is 4.74 Å². The van der Waals surface area contributed by atoms with E-state index < -0.39 is 15.8 Å². The Labute approximate surface area is 162 Å². The maximum absolute atomic E-state index is 12.2. The summed E-state index contributed by atoms with van der Waals surface area (Å²) in [6.45, 7) is 3.97. The molecule has 3 aromatic rings. The Morgan fingerprint density at radius 2 is 1.78 bits per heavy atom. The van der Waals surface area contributed by atoms with E-state index in [-0.39, 0.29) is 22.2 Å². The van der Waals surface area contributed by atoms with Crippen LogP contribution in [0.15, 0.2) is 47.4 Å². The predicted molar refractivity (Wildman–Crippen MR) is 105 cm³/mol. The molecule has 0 saturated heterocycles. The SMILES string of the molecule is Cc1ccc2cc(COC(=O)c3ccc(S(C)(=O)=O)cc3)c(Cl)nc2c1C. The van der Waals surface area contributed by atoms with Crippen LogP contribution in [-0.2, 0) is 21.2 Å². The molecule has 1 heterocycles. The molecule has 7 heteroatoms. The predicted octanol–water partition coefficient (Wildman–Crippen LogP) is 4.27. The van der Waals surface area contributed by atoms with Crippen molar-refractivity contribution in [3.63, 3.8) is 0 Å². The van der Waals surface area contributed by atoms with Gasteiger partial charge in [0.2, 0.25) is 0 Å². The second-order valence-corrected chi connectivity index (χ2v) is 8.76. The monoisotopic (exact) mass is 403 g/mol. The van der Waals surface area contributed by atoms with E-state index in [0.29, 0.717) is 5.56 Å². The second kappa shape index (κ2) is 7.29. The summed E-state index contributed by atoms with van der Waals surface area (Å²) >= 11 is 6.26. The highest BCUT2D eigenvalue weighted by Gasteiger charge is 2.13. The molecule has 0 spiro atoms. The average molecular weight is 404 g/mol. The van der Waals surface area contributed by atoms with Crippen molar-refractivity contribution < 1.29 is 17.9 Å². The number of aryl methyl sites for hydroxylation is 2. The molecule has 0 N–H and O–H groups in total. The molecule has 0 bridgehead atoms. The molecule has 0 unspecified atom stereocenters. The quantitative estimate of drug-likeness (QED) is 0.480. The average Bonchev–Trinajstić information content (AvgIpc) is 2.63. The Balaban J connectivity index is 1.79. The van der Waals surface area contributed by atoms with Crippen LogP contribution < -0.4 is 0 Å². The molecule has 27 heavy (non-hydrogen) atoms. The number of carbonyl (C=O) groups is 1. The van der Waals surface area contributed by atoms with Gasteiger partial charge in [-0.1, -0.05) is 23.7 Å². The lowest BCUT2D eigenvalue weighted by Gasteiger charge is -2.10. The molecule has 0 aliphatic carbocycles. The maximum atomic E-state index is 12.2. The second-order valence-electron chi connectivity index (χ2n) is 6.39. The van der Waals surface area contributed by atoms with Crippen molar-refractivity contribution in [2.75, 3.05) is 6.26 Å². The van der Waals surface area contributed by atoms with Crippen LogP contribution in [0.25, 0.3) is 10.9 Å². The van der Waals surface area contributed by atoms with Gasteiger partial charge in [0.1, 0.15) is 11.8 Å². The van der Waals surface area contributed by atoms with Crippen LogP contribution in [0.4, 0.5) is 0 Å². The molecule has 3 rings (SSSR count). The van der Waals surface area contributed by atoms with Gasteiger partial charge >= 0.3 is 5.97 Å². The Bertz CT molecular complexity index is 1140. The number of hydrogen-bond donors (Lipinski definition) is 0. The number of rotatable bonds is 4. The van der Waals surface area contributed by atoms with E-state index in [0.717, 1.165) is 28.3 Å². The molecular formula is C20H18ClNO4S. The van der Waals surface area contributed by atoms with Crippen molar-refractivity contribution in [2.45, 2.75) is 25.3 Å². The number of aromatic nitrogens is 1. The Morgan fingerprint density at radius 3 is 2.41 bits per heavy atom. The summed E-state index contributed by atoms with van der Waals surface area (Å²) in [5, 5.41) is 1.21. The van der Waals surface area contributed by atoms with Crippen LogP contribution in [0.5, 0.6) is 0 Å². The molecule has 1 aromatic heterocycles. The van der Waals surface area contributed by atoms with Crippen molar-refractivity contribution in [3.8, 4) is 0 Å².